The Morgan fingerprint density at radius 3 is 2.67 bits per heavy atom. The van der Waals surface area contributed by atoms with Crippen LogP contribution in [0.3, 0.4) is 0 Å². The van der Waals surface area contributed by atoms with E-state index in [0.29, 0.717) is 10.2 Å². The van der Waals surface area contributed by atoms with Crippen molar-refractivity contribution in [3.8, 4) is 17.6 Å². The summed E-state index contributed by atoms with van der Waals surface area (Å²) in [6.07, 6.45) is 1.71. The molecule has 0 heterocycles. The van der Waals surface area contributed by atoms with Crippen molar-refractivity contribution < 1.29 is 9.84 Å². The quantitative estimate of drug-likeness (QED) is 0.897. The minimum Gasteiger partial charge on any atom is -0.507 e. The van der Waals surface area contributed by atoms with Crippen molar-refractivity contribution in [2.75, 3.05) is 7.11 Å². The van der Waals surface area contributed by atoms with Crippen LogP contribution in [-0.2, 0) is 5.41 Å². The molecule has 0 aromatic heterocycles. The Morgan fingerprint density at radius 1 is 1.53 bits per heavy atom. The standard InChI is InChI=1S/C11H10BrNO2/c1-15-9-5-7(4-8(14)10(9)12)11(6-13)2-3-11/h4-5,14H,2-3H2,1H3. The summed E-state index contributed by atoms with van der Waals surface area (Å²) in [4.78, 5) is 0. The Bertz CT molecular complexity index is 447. The molecule has 1 aliphatic rings. The first-order valence-electron chi connectivity index (χ1n) is 4.61. The van der Waals surface area contributed by atoms with Crippen LogP contribution in [0.5, 0.6) is 11.5 Å². The molecule has 0 radical (unpaired) electrons. The maximum atomic E-state index is 9.66. The zero-order chi connectivity index (χ0) is 11.1. The van der Waals surface area contributed by atoms with E-state index < -0.39 is 5.41 Å². The predicted molar refractivity (Wildman–Crippen MR) is 58.9 cm³/mol. The number of nitriles is 1. The van der Waals surface area contributed by atoms with Crippen molar-refractivity contribution >= 4 is 15.9 Å². The molecule has 1 aromatic rings. The molecule has 15 heavy (non-hydrogen) atoms. The van der Waals surface area contributed by atoms with Gasteiger partial charge in [-0.25, -0.2) is 0 Å². The topological polar surface area (TPSA) is 53.2 Å². The van der Waals surface area contributed by atoms with Crippen LogP contribution in [-0.4, -0.2) is 12.2 Å². The van der Waals surface area contributed by atoms with Crippen LogP contribution >= 0.6 is 15.9 Å². The van der Waals surface area contributed by atoms with E-state index in [1.807, 2.05) is 0 Å². The van der Waals surface area contributed by atoms with Gasteiger partial charge < -0.3 is 9.84 Å². The molecular weight excluding hydrogens is 258 g/mol. The van der Waals surface area contributed by atoms with Gasteiger partial charge in [-0.15, -0.1) is 0 Å². The van der Waals surface area contributed by atoms with Crippen molar-refractivity contribution in [1.82, 2.24) is 0 Å². The number of methoxy groups -OCH3 is 1. The van der Waals surface area contributed by atoms with Crippen LogP contribution in [0.1, 0.15) is 18.4 Å². The van der Waals surface area contributed by atoms with Gasteiger partial charge in [0.05, 0.1) is 18.6 Å². The van der Waals surface area contributed by atoms with E-state index in [9.17, 15) is 5.11 Å². The number of hydrogen-bond donors (Lipinski definition) is 1. The Labute approximate surface area is 96.4 Å². The van der Waals surface area contributed by atoms with Gasteiger partial charge >= 0.3 is 0 Å². The lowest BCUT2D eigenvalue weighted by molar-refractivity contribution is 0.402. The lowest BCUT2D eigenvalue weighted by Crippen LogP contribution is -2.03. The third-order valence-electron chi connectivity index (χ3n) is 2.76. The van der Waals surface area contributed by atoms with Gasteiger partial charge in [-0.05, 0) is 46.5 Å². The largest absolute Gasteiger partial charge is 0.507 e. The number of ether oxygens (including phenoxy) is 1. The summed E-state index contributed by atoms with van der Waals surface area (Å²) in [6, 6.07) is 5.72. The van der Waals surface area contributed by atoms with Crippen LogP contribution in [0.25, 0.3) is 0 Å². The summed E-state index contributed by atoms with van der Waals surface area (Å²) in [5.41, 5.74) is 0.438. The number of benzene rings is 1. The van der Waals surface area contributed by atoms with Crippen LogP contribution in [0.15, 0.2) is 16.6 Å². The van der Waals surface area contributed by atoms with Gasteiger partial charge in [0.25, 0.3) is 0 Å². The van der Waals surface area contributed by atoms with E-state index in [1.165, 1.54) is 7.11 Å². The Balaban J connectivity index is 2.52. The second-order valence-corrected chi connectivity index (χ2v) is 4.50. The van der Waals surface area contributed by atoms with E-state index >= 15 is 0 Å². The van der Waals surface area contributed by atoms with Crippen LogP contribution < -0.4 is 4.74 Å². The maximum Gasteiger partial charge on any atom is 0.137 e. The van der Waals surface area contributed by atoms with Gasteiger partial charge in [-0.3, -0.25) is 0 Å². The molecule has 78 valence electrons. The minimum atomic E-state index is -0.397. The van der Waals surface area contributed by atoms with Crippen molar-refractivity contribution in [2.24, 2.45) is 0 Å². The zero-order valence-corrected chi connectivity index (χ0v) is 9.84. The second kappa shape index (κ2) is 3.42. The first-order valence-corrected chi connectivity index (χ1v) is 5.40. The summed E-state index contributed by atoms with van der Waals surface area (Å²) in [5, 5.41) is 18.7. The molecule has 0 saturated heterocycles. The Kier molecular flexibility index (Phi) is 2.35. The first kappa shape index (κ1) is 10.3. The summed E-state index contributed by atoms with van der Waals surface area (Å²) in [7, 11) is 1.54. The summed E-state index contributed by atoms with van der Waals surface area (Å²) in [5.74, 6) is 0.678. The number of phenolic OH excluding ortho intramolecular Hbond substituents is 1. The Morgan fingerprint density at radius 2 is 2.20 bits per heavy atom. The van der Waals surface area contributed by atoms with Crippen molar-refractivity contribution in [1.29, 1.82) is 5.26 Å². The monoisotopic (exact) mass is 267 g/mol. The van der Waals surface area contributed by atoms with E-state index in [1.54, 1.807) is 12.1 Å². The molecule has 1 aliphatic carbocycles. The highest BCUT2D eigenvalue weighted by molar-refractivity contribution is 9.10. The lowest BCUT2D eigenvalue weighted by atomic mass is 9.97. The molecule has 0 unspecified atom stereocenters. The van der Waals surface area contributed by atoms with Gasteiger partial charge in [-0.2, -0.15) is 5.26 Å². The minimum absolute atomic E-state index is 0.117. The molecule has 1 N–H and O–H groups in total. The van der Waals surface area contributed by atoms with Gasteiger partial charge in [0.1, 0.15) is 16.0 Å². The third kappa shape index (κ3) is 1.57. The summed E-state index contributed by atoms with van der Waals surface area (Å²) >= 11 is 3.23. The summed E-state index contributed by atoms with van der Waals surface area (Å²) < 4.78 is 5.65. The van der Waals surface area contributed by atoms with Crippen molar-refractivity contribution in [3.05, 3.63) is 22.2 Å². The van der Waals surface area contributed by atoms with Crippen LogP contribution in [0.4, 0.5) is 0 Å². The molecule has 0 atom stereocenters. The predicted octanol–water partition coefficient (Wildman–Crippen LogP) is 2.72. The number of rotatable bonds is 2. The van der Waals surface area contributed by atoms with Gasteiger partial charge in [0.2, 0.25) is 0 Å². The first-order chi connectivity index (χ1) is 7.13. The summed E-state index contributed by atoms with van der Waals surface area (Å²) in [6.45, 7) is 0. The molecule has 1 aromatic carbocycles. The highest BCUT2D eigenvalue weighted by Crippen LogP contribution is 2.50. The maximum absolute atomic E-state index is 9.66. The number of aromatic hydroxyl groups is 1. The molecule has 0 aliphatic heterocycles. The van der Waals surface area contributed by atoms with Gasteiger partial charge in [0.15, 0.2) is 0 Å². The number of phenols is 1. The van der Waals surface area contributed by atoms with E-state index in [4.69, 9.17) is 10.00 Å². The molecule has 2 rings (SSSR count). The third-order valence-corrected chi connectivity index (χ3v) is 3.55. The van der Waals surface area contributed by atoms with Gasteiger partial charge in [0, 0.05) is 0 Å². The molecule has 0 spiro atoms. The average molecular weight is 268 g/mol. The number of nitrogens with zero attached hydrogens (tertiary/aromatic N) is 1. The van der Waals surface area contributed by atoms with Crippen molar-refractivity contribution in [2.45, 2.75) is 18.3 Å². The highest BCUT2D eigenvalue weighted by Gasteiger charge is 2.45. The van der Waals surface area contributed by atoms with E-state index in [0.717, 1.165) is 18.4 Å². The van der Waals surface area contributed by atoms with Gasteiger partial charge in [-0.1, -0.05) is 0 Å². The molecule has 1 fully saturated rings. The average Bonchev–Trinajstić information content (AvgIpc) is 3.02. The Hall–Kier alpha value is -1.21. The fraction of sp³-hybridized carbons (Fsp3) is 0.364. The normalized spacial score (nSPS) is 16.9. The number of hydrogen-bond acceptors (Lipinski definition) is 3. The SMILES string of the molecule is COc1cc(C2(C#N)CC2)cc(O)c1Br. The highest BCUT2D eigenvalue weighted by atomic mass is 79.9. The number of halogens is 1. The van der Waals surface area contributed by atoms with Crippen molar-refractivity contribution in [3.63, 3.8) is 0 Å². The smallest absolute Gasteiger partial charge is 0.137 e. The molecule has 0 amide bonds. The lowest BCUT2D eigenvalue weighted by Gasteiger charge is -2.11. The fourth-order valence-electron chi connectivity index (χ4n) is 1.60. The molecule has 3 nitrogen and oxygen atoms in total. The van der Waals surface area contributed by atoms with E-state index in [2.05, 4.69) is 22.0 Å². The van der Waals surface area contributed by atoms with E-state index in [-0.39, 0.29) is 5.75 Å². The second-order valence-electron chi connectivity index (χ2n) is 3.71. The molecule has 0 bridgehead atoms. The molecule has 4 heteroatoms. The van der Waals surface area contributed by atoms with Crippen LogP contribution in [0.2, 0.25) is 0 Å². The molecular formula is C11H10BrNO2. The van der Waals surface area contributed by atoms with Crippen LogP contribution in [0, 0.1) is 11.3 Å². The molecule has 1 saturated carbocycles. The zero-order valence-electron chi connectivity index (χ0n) is 8.25. The fourth-order valence-corrected chi connectivity index (χ4v) is 1.99.